The molecule has 0 heterocycles. The molecule has 0 saturated carbocycles. The molecule has 4 heteroatoms. The maximum absolute atomic E-state index is 13.1. The van der Waals surface area contributed by atoms with E-state index in [1.807, 2.05) is 57.2 Å². The summed E-state index contributed by atoms with van der Waals surface area (Å²) >= 11 is 0. The van der Waals surface area contributed by atoms with Crippen LogP contribution in [0.15, 0.2) is 76.7 Å². The number of nitrogens with one attached hydrogen (secondary N) is 1. The highest BCUT2D eigenvalue weighted by Crippen LogP contribution is 2.41. The average molecular weight is 406 g/mol. The first kappa shape index (κ1) is 21.8. The van der Waals surface area contributed by atoms with Crippen LogP contribution in [0.4, 0.5) is 0 Å². The molecule has 2 N–H and O–H groups in total. The van der Waals surface area contributed by atoms with Crippen LogP contribution in [0.5, 0.6) is 0 Å². The fraction of sp³-hybridized carbons (Fsp3) is 0.385. The second kappa shape index (κ2) is 9.29. The molecule has 0 saturated heterocycles. The van der Waals surface area contributed by atoms with Crippen molar-refractivity contribution in [1.29, 1.82) is 0 Å². The van der Waals surface area contributed by atoms with Gasteiger partial charge in [-0.1, -0.05) is 67.5 Å². The second-order valence-corrected chi connectivity index (χ2v) is 8.39. The minimum Gasteiger partial charge on any atom is -0.505 e. The standard InChI is InChI=1S/C26H31NO3/c1-5-9-20-23(27-15-18-10-7-6-8-11-18)25(29)22(26(30)24(20)28)21-14-17(4)12-13-19(21)16(2)3/h6-8,10-11,14,19,21,27,29H,2,5,9,12-13,15H2,1,3-4H3/t19-,21+/m0/s1. The highest BCUT2D eigenvalue weighted by atomic mass is 16.3. The fourth-order valence-corrected chi connectivity index (χ4v) is 4.44. The Labute approximate surface area is 179 Å². The van der Waals surface area contributed by atoms with Crippen molar-refractivity contribution in [2.45, 2.75) is 53.0 Å². The van der Waals surface area contributed by atoms with Crippen molar-refractivity contribution in [2.75, 3.05) is 0 Å². The Bertz CT molecular complexity index is 950. The van der Waals surface area contributed by atoms with Crippen molar-refractivity contribution in [1.82, 2.24) is 5.32 Å². The number of carbonyl (C=O) groups excluding carboxylic acids is 2. The van der Waals surface area contributed by atoms with Crippen LogP contribution in [0.2, 0.25) is 0 Å². The van der Waals surface area contributed by atoms with Crippen molar-refractivity contribution in [3.8, 4) is 0 Å². The van der Waals surface area contributed by atoms with Gasteiger partial charge in [-0.05, 0) is 44.6 Å². The minimum atomic E-state index is -0.580. The molecule has 0 amide bonds. The van der Waals surface area contributed by atoms with Gasteiger partial charge >= 0.3 is 0 Å². The SMILES string of the molecule is C=C(C)[C@@H]1CCC(C)=C[C@H]1C1=C(O)C(NCc2ccccc2)=C(CCC)C(=O)C1=O. The van der Waals surface area contributed by atoms with Crippen LogP contribution in [0, 0.1) is 11.8 Å². The van der Waals surface area contributed by atoms with Crippen LogP contribution in [-0.4, -0.2) is 16.7 Å². The quantitative estimate of drug-likeness (QED) is 0.365. The predicted molar refractivity (Wildman–Crippen MR) is 120 cm³/mol. The third-order valence-electron chi connectivity index (χ3n) is 6.04. The first-order chi connectivity index (χ1) is 14.3. The normalized spacial score (nSPS) is 22.3. The summed E-state index contributed by atoms with van der Waals surface area (Å²) < 4.78 is 0. The molecule has 30 heavy (non-hydrogen) atoms. The van der Waals surface area contributed by atoms with E-state index in [0.29, 0.717) is 30.7 Å². The molecule has 0 unspecified atom stereocenters. The molecule has 4 nitrogen and oxygen atoms in total. The van der Waals surface area contributed by atoms with Gasteiger partial charge in [0.25, 0.3) is 0 Å². The molecule has 2 atom stereocenters. The van der Waals surface area contributed by atoms with Gasteiger partial charge in [0.15, 0.2) is 0 Å². The summed E-state index contributed by atoms with van der Waals surface area (Å²) in [5.41, 5.74) is 4.15. The average Bonchev–Trinajstić information content (AvgIpc) is 2.72. The minimum absolute atomic E-state index is 0.0331. The van der Waals surface area contributed by atoms with Gasteiger partial charge in [0, 0.05) is 18.0 Å². The van der Waals surface area contributed by atoms with Gasteiger partial charge in [0.05, 0.1) is 11.3 Å². The molecular weight excluding hydrogens is 374 g/mol. The highest BCUT2D eigenvalue weighted by Gasteiger charge is 2.41. The Kier molecular flexibility index (Phi) is 6.76. The summed E-state index contributed by atoms with van der Waals surface area (Å²) in [5, 5.41) is 14.5. The molecule has 0 radical (unpaired) electrons. The Balaban J connectivity index is 2.07. The zero-order chi connectivity index (χ0) is 21.8. The molecule has 0 spiro atoms. The van der Waals surface area contributed by atoms with E-state index in [9.17, 15) is 14.7 Å². The van der Waals surface area contributed by atoms with Crippen LogP contribution in [0.25, 0.3) is 0 Å². The number of allylic oxidation sites excluding steroid dienone is 5. The van der Waals surface area contributed by atoms with Gasteiger partial charge in [0.2, 0.25) is 11.6 Å². The van der Waals surface area contributed by atoms with Gasteiger partial charge in [-0.2, -0.15) is 0 Å². The summed E-state index contributed by atoms with van der Waals surface area (Å²) in [6, 6.07) is 9.80. The summed E-state index contributed by atoms with van der Waals surface area (Å²) in [7, 11) is 0. The number of aliphatic hydroxyl groups is 1. The largest absolute Gasteiger partial charge is 0.505 e. The Morgan fingerprint density at radius 3 is 2.53 bits per heavy atom. The lowest BCUT2D eigenvalue weighted by molar-refractivity contribution is -0.133. The van der Waals surface area contributed by atoms with Crippen LogP contribution in [-0.2, 0) is 16.1 Å². The molecule has 1 aromatic carbocycles. The maximum atomic E-state index is 13.1. The van der Waals surface area contributed by atoms with Crippen molar-refractivity contribution in [2.24, 2.45) is 11.8 Å². The highest BCUT2D eigenvalue weighted by molar-refractivity contribution is 6.50. The van der Waals surface area contributed by atoms with E-state index < -0.39 is 11.6 Å². The zero-order valence-electron chi connectivity index (χ0n) is 18.1. The lowest BCUT2D eigenvalue weighted by atomic mass is 9.70. The molecule has 3 rings (SSSR count). The summed E-state index contributed by atoms with van der Waals surface area (Å²) in [6.07, 6.45) is 4.98. The van der Waals surface area contributed by atoms with E-state index in [0.717, 1.165) is 24.0 Å². The second-order valence-electron chi connectivity index (χ2n) is 8.39. The number of carbonyl (C=O) groups is 2. The topological polar surface area (TPSA) is 66.4 Å². The lowest BCUT2D eigenvalue weighted by Gasteiger charge is -2.33. The van der Waals surface area contributed by atoms with E-state index in [1.54, 1.807) is 0 Å². The fourth-order valence-electron chi connectivity index (χ4n) is 4.44. The molecule has 1 aromatic rings. The van der Waals surface area contributed by atoms with E-state index in [2.05, 4.69) is 11.9 Å². The molecule has 0 aliphatic heterocycles. The van der Waals surface area contributed by atoms with E-state index in [4.69, 9.17) is 0 Å². The van der Waals surface area contributed by atoms with Crippen LogP contribution in [0.1, 0.15) is 52.0 Å². The number of rotatable bonds is 7. The molecular formula is C26H31NO3. The number of benzene rings is 1. The molecule has 0 aromatic heterocycles. The number of ketones is 2. The Hall–Kier alpha value is -2.88. The van der Waals surface area contributed by atoms with E-state index in [1.165, 1.54) is 5.57 Å². The van der Waals surface area contributed by atoms with Crippen molar-refractivity contribution < 1.29 is 14.7 Å². The third kappa shape index (κ3) is 4.33. The van der Waals surface area contributed by atoms with Crippen LogP contribution in [0.3, 0.4) is 0 Å². The zero-order valence-corrected chi connectivity index (χ0v) is 18.1. The molecule has 2 aliphatic rings. The van der Waals surface area contributed by atoms with E-state index >= 15 is 0 Å². The maximum Gasteiger partial charge on any atom is 0.233 e. The van der Waals surface area contributed by atoms with Crippen molar-refractivity contribution in [3.05, 3.63) is 82.3 Å². The molecule has 2 aliphatic carbocycles. The van der Waals surface area contributed by atoms with Crippen molar-refractivity contribution in [3.63, 3.8) is 0 Å². The molecule has 0 bridgehead atoms. The summed E-state index contributed by atoms with van der Waals surface area (Å²) in [6.45, 7) is 10.5. The predicted octanol–water partition coefficient (Wildman–Crippen LogP) is 5.34. The Morgan fingerprint density at radius 2 is 1.90 bits per heavy atom. The number of hydrogen-bond donors (Lipinski definition) is 2. The van der Waals surface area contributed by atoms with Gasteiger partial charge in [0.1, 0.15) is 5.76 Å². The smallest absolute Gasteiger partial charge is 0.233 e. The summed E-state index contributed by atoms with van der Waals surface area (Å²) in [5.74, 6) is -1.46. The van der Waals surface area contributed by atoms with Gasteiger partial charge in [-0.25, -0.2) is 0 Å². The molecule has 0 fully saturated rings. The number of aliphatic hydroxyl groups excluding tert-OH is 1. The first-order valence-corrected chi connectivity index (χ1v) is 10.7. The molecule has 158 valence electrons. The van der Waals surface area contributed by atoms with Crippen LogP contribution >= 0.6 is 0 Å². The third-order valence-corrected chi connectivity index (χ3v) is 6.04. The first-order valence-electron chi connectivity index (χ1n) is 10.7. The van der Waals surface area contributed by atoms with E-state index in [-0.39, 0.29) is 23.2 Å². The van der Waals surface area contributed by atoms with Crippen LogP contribution < -0.4 is 5.32 Å². The van der Waals surface area contributed by atoms with Crippen molar-refractivity contribution >= 4 is 11.6 Å². The van der Waals surface area contributed by atoms with Gasteiger partial charge < -0.3 is 10.4 Å². The van der Waals surface area contributed by atoms with Gasteiger partial charge in [-0.15, -0.1) is 0 Å². The summed E-state index contributed by atoms with van der Waals surface area (Å²) in [4.78, 5) is 26.2. The van der Waals surface area contributed by atoms with Gasteiger partial charge in [-0.3, -0.25) is 9.59 Å². The lowest BCUT2D eigenvalue weighted by Crippen LogP contribution is -2.36. The number of Topliss-reactive ketones (excluding diaryl/α,β-unsaturated/α-hetero) is 2. The number of hydrogen-bond acceptors (Lipinski definition) is 4. The monoisotopic (exact) mass is 405 g/mol. The Morgan fingerprint density at radius 1 is 1.20 bits per heavy atom.